The fraction of sp³-hybridized carbons (Fsp3) is 0.333. The number of hydrogen-bond acceptors (Lipinski definition) is 6. The number of ether oxygens (including phenoxy) is 3. The normalized spacial score (nSPS) is 9.61. The maximum Gasteiger partial charge on any atom is 0.344 e. The lowest BCUT2D eigenvalue weighted by molar-refractivity contribution is -0.157. The maximum atomic E-state index is 11.2. The molecule has 0 aromatic heterocycles. The number of methoxy groups -OCH3 is 1. The lowest BCUT2D eigenvalue weighted by atomic mass is 10.3. The molecule has 0 amide bonds. The molecule has 0 unspecified atom stereocenters. The highest BCUT2D eigenvalue weighted by Gasteiger charge is 2.08. The van der Waals surface area contributed by atoms with Crippen LogP contribution in [0.4, 0.5) is 5.69 Å². The van der Waals surface area contributed by atoms with E-state index in [0.717, 1.165) is 0 Å². The van der Waals surface area contributed by atoms with Crippen molar-refractivity contribution in [3.63, 3.8) is 0 Å². The van der Waals surface area contributed by atoms with Gasteiger partial charge < -0.3 is 19.9 Å². The molecule has 0 aliphatic carbocycles. The number of nitrogens with two attached hydrogens (primary N) is 1. The highest BCUT2D eigenvalue weighted by molar-refractivity contribution is 5.76. The predicted molar refractivity (Wildman–Crippen MR) is 63.9 cm³/mol. The number of hydrogen-bond donors (Lipinski definition) is 1. The monoisotopic (exact) mass is 253 g/mol. The third kappa shape index (κ3) is 4.73. The van der Waals surface area contributed by atoms with Gasteiger partial charge in [0.1, 0.15) is 5.75 Å². The van der Waals surface area contributed by atoms with E-state index in [9.17, 15) is 9.59 Å². The Morgan fingerprint density at radius 3 is 2.61 bits per heavy atom. The van der Waals surface area contributed by atoms with Gasteiger partial charge in [-0.05, 0) is 12.1 Å². The lowest BCUT2D eigenvalue weighted by Gasteiger charge is -2.08. The van der Waals surface area contributed by atoms with Crippen molar-refractivity contribution in [2.75, 3.05) is 26.1 Å². The quantitative estimate of drug-likeness (QED) is 0.594. The van der Waals surface area contributed by atoms with Gasteiger partial charge in [0.2, 0.25) is 0 Å². The molecule has 0 radical (unpaired) electrons. The van der Waals surface area contributed by atoms with E-state index in [4.69, 9.17) is 10.5 Å². The Hall–Kier alpha value is -2.24. The molecule has 1 aromatic rings. The number of para-hydroxylation sites is 2. The Labute approximate surface area is 105 Å². The molecule has 0 saturated carbocycles. The summed E-state index contributed by atoms with van der Waals surface area (Å²) in [6.45, 7) is -0.253. The van der Waals surface area contributed by atoms with Gasteiger partial charge in [0.15, 0.2) is 6.61 Å². The molecule has 0 aliphatic heterocycles. The second kappa shape index (κ2) is 7.16. The lowest BCUT2D eigenvalue weighted by Crippen LogP contribution is -2.16. The smallest absolute Gasteiger partial charge is 0.344 e. The van der Waals surface area contributed by atoms with Gasteiger partial charge in [0, 0.05) is 0 Å². The van der Waals surface area contributed by atoms with Gasteiger partial charge >= 0.3 is 11.9 Å². The molecule has 0 spiro atoms. The molecule has 1 aromatic carbocycles. The first kappa shape index (κ1) is 13.8. The van der Waals surface area contributed by atoms with Crippen LogP contribution in [0, 0.1) is 0 Å². The number of carbonyl (C=O) groups is 2. The summed E-state index contributed by atoms with van der Waals surface area (Å²) in [7, 11) is 1.22. The van der Waals surface area contributed by atoms with Crippen LogP contribution in [0.2, 0.25) is 0 Å². The molecule has 1 rings (SSSR count). The zero-order valence-electron chi connectivity index (χ0n) is 10.0. The van der Waals surface area contributed by atoms with Crippen LogP contribution >= 0.6 is 0 Å². The van der Waals surface area contributed by atoms with Crippen LogP contribution in [0.25, 0.3) is 0 Å². The van der Waals surface area contributed by atoms with Crippen molar-refractivity contribution >= 4 is 17.6 Å². The molecule has 6 nitrogen and oxygen atoms in total. The summed E-state index contributed by atoms with van der Waals surface area (Å²) in [6, 6.07) is 6.97. The Morgan fingerprint density at radius 2 is 1.94 bits per heavy atom. The van der Waals surface area contributed by atoms with Crippen molar-refractivity contribution < 1.29 is 23.8 Å². The second-order valence-corrected chi connectivity index (χ2v) is 3.37. The van der Waals surface area contributed by atoms with Crippen molar-refractivity contribution in [2.24, 2.45) is 0 Å². The van der Waals surface area contributed by atoms with Crippen molar-refractivity contribution in [1.29, 1.82) is 0 Å². The zero-order chi connectivity index (χ0) is 13.4. The SMILES string of the molecule is COC(=O)COC(=O)CCOc1ccccc1N. The Kier molecular flexibility index (Phi) is 5.50. The number of nitrogen functional groups attached to an aromatic ring is 1. The van der Waals surface area contributed by atoms with Gasteiger partial charge in [0.05, 0.1) is 25.8 Å². The molecule has 0 atom stereocenters. The molecule has 0 aliphatic rings. The largest absolute Gasteiger partial charge is 0.491 e. The fourth-order valence-corrected chi connectivity index (χ4v) is 1.13. The number of anilines is 1. The first-order chi connectivity index (χ1) is 8.63. The molecule has 0 bridgehead atoms. The molecule has 2 N–H and O–H groups in total. The first-order valence-electron chi connectivity index (χ1n) is 5.33. The molecule has 18 heavy (non-hydrogen) atoms. The van der Waals surface area contributed by atoms with Gasteiger partial charge in [-0.15, -0.1) is 0 Å². The van der Waals surface area contributed by atoms with E-state index in [2.05, 4.69) is 9.47 Å². The average molecular weight is 253 g/mol. The van der Waals surface area contributed by atoms with Crippen LogP contribution in [0.15, 0.2) is 24.3 Å². The fourth-order valence-electron chi connectivity index (χ4n) is 1.13. The van der Waals surface area contributed by atoms with Crippen LogP contribution in [0.3, 0.4) is 0 Å². The molecule has 0 fully saturated rings. The number of rotatable bonds is 6. The minimum atomic E-state index is -0.600. The van der Waals surface area contributed by atoms with Gasteiger partial charge in [-0.1, -0.05) is 12.1 Å². The third-order valence-corrected chi connectivity index (χ3v) is 2.06. The van der Waals surface area contributed by atoms with Gasteiger partial charge in [0.25, 0.3) is 0 Å². The van der Waals surface area contributed by atoms with Crippen LogP contribution < -0.4 is 10.5 Å². The molecular weight excluding hydrogens is 238 g/mol. The second-order valence-electron chi connectivity index (χ2n) is 3.37. The van der Waals surface area contributed by atoms with Gasteiger partial charge in [-0.2, -0.15) is 0 Å². The van der Waals surface area contributed by atoms with Gasteiger partial charge in [-0.25, -0.2) is 4.79 Å². The summed E-state index contributed by atoms with van der Waals surface area (Å²) in [6.07, 6.45) is 0.0331. The number of benzene rings is 1. The standard InChI is InChI=1S/C12H15NO5/c1-16-12(15)8-18-11(14)6-7-17-10-5-3-2-4-9(10)13/h2-5H,6-8,13H2,1H3. The zero-order valence-corrected chi connectivity index (χ0v) is 10.0. The van der Waals surface area contributed by atoms with Crippen molar-refractivity contribution in [1.82, 2.24) is 0 Å². The van der Waals surface area contributed by atoms with E-state index in [0.29, 0.717) is 11.4 Å². The minimum Gasteiger partial charge on any atom is -0.491 e. The molecular formula is C12H15NO5. The van der Waals surface area contributed by atoms with E-state index in [1.54, 1.807) is 24.3 Å². The Morgan fingerprint density at radius 1 is 1.22 bits per heavy atom. The van der Waals surface area contributed by atoms with Crippen molar-refractivity contribution in [3.05, 3.63) is 24.3 Å². The molecule has 0 heterocycles. The van der Waals surface area contributed by atoms with Crippen LogP contribution in [-0.4, -0.2) is 32.3 Å². The highest BCUT2D eigenvalue weighted by Crippen LogP contribution is 2.19. The van der Waals surface area contributed by atoms with Crippen LogP contribution in [-0.2, 0) is 19.1 Å². The number of carbonyl (C=O) groups excluding carboxylic acids is 2. The van der Waals surface area contributed by atoms with E-state index >= 15 is 0 Å². The number of esters is 2. The summed E-state index contributed by atoms with van der Waals surface area (Å²) in [4.78, 5) is 21.9. The Balaban J connectivity index is 2.24. The summed E-state index contributed by atoms with van der Waals surface area (Å²) in [5.41, 5.74) is 6.15. The predicted octanol–water partition coefficient (Wildman–Crippen LogP) is 0.754. The molecule has 6 heteroatoms. The first-order valence-corrected chi connectivity index (χ1v) is 5.33. The maximum absolute atomic E-state index is 11.2. The van der Waals surface area contributed by atoms with E-state index in [1.807, 2.05) is 0 Å². The van der Waals surface area contributed by atoms with E-state index in [-0.39, 0.29) is 19.6 Å². The highest BCUT2D eigenvalue weighted by atomic mass is 16.6. The molecule has 98 valence electrons. The Bertz CT molecular complexity index is 419. The van der Waals surface area contributed by atoms with Gasteiger partial charge in [-0.3, -0.25) is 4.79 Å². The van der Waals surface area contributed by atoms with Crippen LogP contribution in [0.5, 0.6) is 5.75 Å². The summed E-state index contributed by atoms with van der Waals surface area (Å²) < 4.78 is 14.3. The molecule has 0 saturated heterocycles. The van der Waals surface area contributed by atoms with Crippen LogP contribution in [0.1, 0.15) is 6.42 Å². The topological polar surface area (TPSA) is 87.8 Å². The third-order valence-electron chi connectivity index (χ3n) is 2.06. The van der Waals surface area contributed by atoms with Crippen molar-refractivity contribution in [3.8, 4) is 5.75 Å². The van der Waals surface area contributed by atoms with E-state index in [1.165, 1.54) is 7.11 Å². The van der Waals surface area contributed by atoms with Crippen molar-refractivity contribution in [2.45, 2.75) is 6.42 Å². The summed E-state index contributed by atoms with van der Waals surface area (Å²) >= 11 is 0. The minimum absolute atomic E-state index is 0.0331. The summed E-state index contributed by atoms with van der Waals surface area (Å²) in [5, 5.41) is 0. The van der Waals surface area contributed by atoms with E-state index < -0.39 is 11.9 Å². The average Bonchev–Trinajstić information content (AvgIpc) is 2.38. The summed E-state index contributed by atoms with van der Waals surface area (Å²) in [5.74, 6) is -0.621.